The molecule has 0 radical (unpaired) electrons. The molecule has 66 valence electrons. The van der Waals surface area contributed by atoms with Gasteiger partial charge in [0.05, 0.1) is 12.3 Å². The molecular formula is C8H11NO3. The monoisotopic (exact) mass is 169 g/mol. The number of aryl methyl sites for hydroxylation is 1. The van der Waals surface area contributed by atoms with E-state index in [1.807, 2.05) is 6.92 Å². The first kappa shape index (κ1) is 8.77. The molecule has 1 rings (SSSR count). The summed E-state index contributed by atoms with van der Waals surface area (Å²) in [7, 11) is 0. The highest BCUT2D eigenvalue weighted by Crippen LogP contribution is 2.07. The van der Waals surface area contributed by atoms with Crippen molar-refractivity contribution in [3.05, 3.63) is 17.8 Å². The van der Waals surface area contributed by atoms with Crippen LogP contribution in [-0.2, 0) is 22.4 Å². The Labute approximate surface area is 70.5 Å². The van der Waals surface area contributed by atoms with Gasteiger partial charge in [-0.15, -0.1) is 0 Å². The summed E-state index contributed by atoms with van der Waals surface area (Å²) in [5, 5.41) is 0. The van der Waals surface area contributed by atoms with Crippen LogP contribution in [-0.4, -0.2) is 18.1 Å². The van der Waals surface area contributed by atoms with Crippen LogP contribution in [0.15, 0.2) is 10.8 Å². The Morgan fingerprint density at radius 2 is 2.58 bits per heavy atom. The van der Waals surface area contributed by atoms with Crippen molar-refractivity contribution in [2.75, 3.05) is 6.61 Å². The van der Waals surface area contributed by atoms with E-state index in [-0.39, 0.29) is 0 Å². The van der Waals surface area contributed by atoms with Crippen LogP contribution in [0.4, 0.5) is 0 Å². The molecule has 1 aromatic rings. The van der Waals surface area contributed by atoms with E-state index in [2.05, 4.69) is 9.72 Å². The number of rotatable bonds is 5. The van der Waals surface area contributed by atoms with Gasteiger partial charge in [-0.1, -0.05) is 6.92 Å². The first-order valence-corrected chi connectivity index (χ1v) is 3.85. The summed E-state index contributed by atoms with van der Waals surface area (Å²) in [6.45, 7) is 2.79. The van der Waals surface area contributed by atoms with E-state index in [0.29, 0.717) is 19.5 Å². The van der Waals surface area contributed by atoms with Gasteiger partial charge < -0.3 is 9.15 Å². The average molecular weight is 169 g/mol. The molecule has 0 bridgehead atoms. The lowest BCUT2D eigenvalue weighted by atomic mass is 10.2. The lowest BCUT2D eigenvalue weighted by molar-refractivity contribution is -0.128. The van der Waals surface area contributed by atoms with Crippen LogP contribution in [0, 0.1) is 0 Å². The molecule has 12 heavy (non-hydrogen) atoms. The molecule has 0 saturated heterocycles. The predicted octanol–water partition coefficient (Wildman–Crippen LogP) is 0.953. The number of carbonyl (C=O) groups excluding carboxylic acids is 1. The third-order valence-corrected chi connectivity index (χ3v) is 1.58. The van der Waals surface area contributed by atoms with E-state index in [0.717, 1.165) is 17.9 Å². The van der Waals surface area contributed by atoms with Crippen LogP contribution >= 0.6 is 0 Å². The molecule has 0 atom stereocenters. The Balaban J connectivity index is 2.44. The normalized spacial score (nSPS) is 9.75. The van der Waals surface area contributed by atoms with Crippen molar-refractivity contribution in [1.82, 2.24) is 4.98 Å². The van der Waals surface area contributed by atoms with Gasteiger partial charge >= 0.3 is 0 Å². The Morgan fingerprint density at radius 3 is 3.25 bits per heavy atom. The summed E-state index contributed by atoms with van der Waals surface area (Å²) < 4.78 is 9.63. The second-order valence-corrected chi connectivity index (χ2v) is 2.29. The first-order chi connectivity index (χ1) is 5.88. The minimum absolute atomic E-state index is 0.353. The number of ether oxygens (including phenoxy) is 1. The van der Waals surface area contributed by atoms with Crippen LogP contribution in [0.3, 0.4) is 0 Å². The molecule has 0 spiro atoms. The van der Waals surface area contributed by atoms with Gasteiger partial charge in [-0.2, -0.15) is 0 Å². The predicted molar refractivity (Wildman–Crippen MR) is 41.6 cm³/mol. The van der Waals surface area contributed by atoms with Crippen LogP contribution in [0.5, 0.6) is 0 Å². The average Bonchev–Trinajstić information content (AvgIpc) is 2.52. The molecule has 0 aliphatic heterocycles. The fraction of sp³-hybridized carbons (Fsp3) is 0.500. The SMILES string of the molecule is CCc1ncoc1CCOC=O. The first-order valence-electron chi connectivity index (χ1n) is 3.85. The number of oxazole rings is 1. The van der Waals surface area contributed by atoms with E-state index in [1.165, 1.54) is 6.39 Å². The molecule has 0 aromatic carbocycles. The van der Waals surface area contributed by atoms with Gasteiger partial charge in [0.2, 0.25) is 0 Å². The summed E-state index contributed by atoms with van der Waals surface area (Å²) in [5.41, 5.74) is 0.935. The number of aromatic nitrogens is 1. The van der Waals surface area contributed by atoms with E-state index in [1.54, 1.807) is 0 Å². The Kier molecular flexibility index (Phi) is 3.32. The molecule has 4 heteroatoms. The summed E-state index contributed by atoms with van der Waals surface area (Å²) >= 11 is 0. The van der Waals surface area contributed by atoms with E-state index < -0.39 is 0 Å². The van der Waals surface area contributed by atoms with Crippen molar-refractivity contribution in [3.8, 4) is 0 Å². The molecule has 0 aliphatic rings. The number of hydrogen-bond acceptors (Lipinski definition) is 4. The van der Waals surface area contributed by atoms with Gasteiger partial charge in [0.25, 0.3) is 6.47 Å². The maximum atomic E-state index is 9.82. The highest BCUT2D eigenvalue weighted by molar-refractivity contribution is 5.36. The van der Waals surface area contributed by atoms with Crippen molar-refractivity contribution in [3.63, 3.8) is 0 Å². The zero-order valence-electron chi connectivity index (χ0n) is 6.95. The summed E-state index contributed by atoms with van der Waals surface area (Å²) in [6, 6.07) is 0. The third kappa shape index (κ3) is 2.08. The van der Waals surface area contributed by atoms with Crippen LogP contribution in [0.2, 0.25) is 0 Å². The number of carbonyl (C=O) groups is 1. The van der Waals surface area contributed by atoms with Crippen molar-refractivity contribution < 1.29 is 13.9 Å². The topological polar surface area (TPSA) is 52.3 Å². The quantitative estimate of drug-likeness (QED) is 0.486. The lowest BCUT2D eigenvalue weighted by Crippen LogP contribution is -1.98. The number of hydrogen-bond donors (Lipinski definition) is 0. The highest BCUT2D eigenvalue weighted by Gasteiger charge is 2.04. The third-order valence-electron chi connectivity index (χ3n) is 1.58. The van der Waals surface area contributed by atoms with E-state index in [4.69, 9.17) is 4.42 Å². The molecular weight excluding hydrogens is 158 g/mol. The van der Waals surface area contributed by atoms with Crippen molar-refractivity contribution in [2.24, 2.45) is 0 Å². The lowest BCUT2D eigenvalue weighted by Gasteiger charge is -1.96. The maximum absolute atomic E-state index is 9.82. The van der Waals surface area contributed by atoms with Crippen molar-refractivity contribution >= 4 is 6.47 Å². The molecule has 0 aliphatic carbocycles. The van der Waals surface area contributed by atoms with Crippen LogP contribution in [0.25, 0.3) is 0 Å². The molecule has 1 heterocycles. The smallest absolute Gasteiger partial charge is 0.293 e. The molecule has 1 aromatic heterocycles. The summed E-state index contributed by atoms with van der Waals surface area (Å²) in [5.74, 6) is 0.805. The Hall–Kier alpha value is -1.32. The van der Waals surface area contributed by atoms with Gasteiger partial charge in [-0.25, -0.2) is 4.98 Å². The molecule has 4 nitrogen and oxygen atoms in total. The fourth-order valence-corrected chi connectivity index (χ4v) is 0.985. The van der Waals surface area contributed by atoms with Gasteiger partial charge in [-0.3, -0.25) is 4.79 Å². The highest BCUT2D eigenvalue weighted by atomic mass is 16.5. The molecule has 0 amide bonds. The fourth-order valence-electron chi connectivity index (χ4n) is 0.985. The van der Waals surface area contributed by atoms with E-state index in [9.17, 15) is 4.79 Å². The van der Waals surface area contributed by atoms with Crippen LogP contribution < -0.4 is 0 Å². The zero-order chi connectivity index (χ0) is 8.81. The van der Waals surface area contributed by atoms with Crippen molar-refractivity contribution in [1.29, 1.82) is 0 Å². The molecule has 0 fully saturated rings. The van der Waals surface area contributed by atoms with Crippen LogP contribution in [0.1, 0.15) is 18.4 Å². The minimum Gasteiger partial charge on any atom is -0.467 e. The Morgan fingerprint density at radius 1 is 1.75 bits per heavy atom. The van der Waals surface area contributed by atoms with Gasteiger partial charge in [0.15, 0.2) is 6.39 Å². The van der Waals surface area contributed by atoms with Gasteiger partial charge in [-0.05, 0) is 6.42 Å². The van der Waals surface area contributed by atoms with Gasteiger partial charge in [0.1, 0.15) is 5.76 Å². The largest absolute Gasteiger partial charge is 0.467 e. The standard InChI is InChI=1S/C8H11NO3/c1-2-7-8(12-5-9-7)3-4-11-6-10/h5-6H,2-4H2,1H3. The Bertz CT molecular complexity index is 244. The summed E-state index contributed by atoms with van der Waals surface area (Å²) in [4.78, 5) is 13.8. The van der Waals surface area contributed by atoms with Gasteiger partial charge in [0, 0.05) is 6.42 Å². The zero-order valence-corrected chi connectivity index (χ0v) is 6.95. The molecule has 0 saturated carbocycles. The molecule has 0 N–H and O–H groups in total. The minimum atomic E-state index is 0.353. The van der Waals surface area contributed by atoms with Crippen molar-refractivity contribution in [2.45, 2.75) is 19.8 Å². The maximum Gasteiger partial charge on any atom is 0.293 e. The van der Waals surface area contributed by atoms with E-state index >= 15 is 0 Å². The second-order valence-electron chi connectivity index (χ2n) is 2.29. The summed E-state index contributed by atoms with van der Waals surface area (Å²) in [6.07, 6.45) is 2.85. The second kappa shape index (κ2) is 4.54. The number of nitrogens with zero attached hydrogens (tertiary/aromatic N) is 1. The molecule has 0 unspecified atom stereocenters.